The molecule has 1 rings (SSSR count). The van der Waals surface area contributed by atoms with Gasteiger partial charge in [0.1, 0.15) is 5.69 Å². The quantitative estimate of drug-likeness (QED) is 0.866. The van der Waals surface area contributed by atoms with Gasteiger partial charge in [0.05, 0.1) is 11.3 Å². The number of alkyl halides is 3. The molecule has 1 heterocycles. The highest BCUT2D eigenvalue weighted by Crippen LogP contribution is 2.28. The number of aromatic nitrogens is 1. The van der Waals surface area contributed by atoms with Crippen LogP contribution in [0.1, 0.15) is 48.4 Å². The molecule has 1 aromatic heterocycles. The van der Waals surface area contributed by atoms with Crippen molar-refractivity contribution in [3.8, 4) is 0 Å². The summed E-state index contributed by atoms with van der Waals surface area (Å²) in [4.78, 5) is 15.5. The van der Waals surface area contributed by atoms with E-state index in [1.165, 1.54) is 6.92 Å². The average molecular weight is 340 g/mol. The van der Waals surface area contributed by atoms with Crippen LogP contribution in [0.4, 0.5) is 13.2 Å². The summed E-state index contributed by atoms with van der Waals surface area (Å²) in [5.74, 6) is -0.467. The fourth-order valence-corrected chi connectivity index (χ4v) is 1.81. The number of rotatable bonds is 5. The minimum atomic E-state index is -4.52. The summed E-state index contributed by atoms with van der Waals surface area (Å²) in [6.45, 7) is 5.47. The van der Waals surface area contributed by atoms with Crippen LogP contribution in [0.25, 0.3) is 0 Å². The van der Waals surface area contributed by atoms with Crippen LogP contribution < -0.4 is 11.1 Å². The highest BCUT2D eigenvalue weighted by atomic mass is 35.5. The number of hydrogen-bond donors (Lipinski definition) is 2. The summed E-state index contributed by atoms with van der Waals surface area (Å²) in [5, 5.41) is 2.66. The number of aryl methyl sites for hydroxylation is 1. The number of halogens is 4. The monoisotopic (exact) mass is 339 g/mol. The Balaban J connectivity index is 0.00000441. The van der Waals surface area contributed by atoms with Crippen molar-refractivity contribution in [2.75, 3.05) is 6.54 Å². The topological polar surface area (TPSA) is 68.0 Å². The van der Waals surface area contributed by atoms with Crippen LogP contribution >= 0.6 is 12.4 Å². The zero-order valence-corrected chi connectivity index (χ0v) is 13.6. The third-order valence-electron chi connectivity index (χ3n) is 3.63. The first kappa shape index (κ1) is 20.7. The fourth-order valence-electron chi connectivity index (χ4n) is 1.81. The third-order valence-corrected chi connectivity index (χ3v) is 3.63. The molecule has 0 atom stereocenters. The lowest BCUT2D eigenvalue weighted by molar-refractivity contribution is -0.141. The van der Waals surface area contributed by atoms with Crippen molar-refractivity contribution in [3.05, 3.63) is 29.1 Å². The minimum absolute atomic E-state index is 0. The molecule has 0 aliphatic heterocycles. The molecule has 1 aromatic rings. The molecule has 0 radical (unpaired) electrons. The molecule has 8 heteroatoms. The summed E-state index contributed by atoms with van der Waals surface area (Å²) in [5.41, 5.74) is 4.71. The van der Waals surface area contributed by atoms with Crippen molar-refractivity contribution in [1.29, 1.82) is 0 Å². The Labute approximate surface area is 134 Å². The fraction of sp³-hybridized carbons (Fsp3) is 0.571. The van der Waals surface area contributed by atoms with Gasteiger partial charge in [-0.1, -0.05) is 13.8 Å². The van der Waals surface area contributed by atoms with E-state index >= 15 is 0 Å². The SMILES string of the molecule is CCC(N)(CC)CNC(=O)c1ccc(C(F)(F)F)nc1C.Cl. The van der Waals surface area contributed by atoms with Crippen LogP contribution in [0.15, 0.2) is 12.1 Å². The van der Waals surface area contributed by atoms with Crippen molar-refractivity contribution in [1.82, 2.24) is 10.3 Å². The van der Waals surface area contributed by atoms with Gasteiger partial charge in [0.2, 0.25) is 0 Å². The first-order valence-electron chi connectivity index (χ1n) is 6.75. The summed E-state index contributed by atoms with van der Waals surface area (Å²) in [6.07, 6.45) is -3.14. The maximum atomic E-state index is 12.5. The molecule has 0 bridgehead atoms. The second kappa shape index (κ2) is 7.78. The van der Waals surface area contributed by atoms with Crippen molar-refractivity contribution in [2.24, 2.45) is 5.73 Å². The van der Waals surface area contributed by atoms with Gasteiger partial charge in [-0.25, -0.2) is 4.98 Å². The van der Waals surface area contributed by atoms with Crippen LogP contribution in [0.5, 0.6) is 0 Å². The molecular weight excluding hydrogens is 319 g/mol. The smallest absolute Gasteiger partial charge is 0.350 e. The molecule has 0 aliphatic rings. The van der Waals surface area contributed by atoms with Crippen molar-refractivity contribution in [2.45, 2.75) is 45.3 Å². The molecule has 1 amide bonds. The maximum Gasteiger partial charge on any atom is 0.433 e. The van der Waals surface area contributed by atoms with E-state index in [4.69, 9.17) is 5.73 Å². The van der Waals surface area contributed by atoms with E-state index in [2.05, 4.69) is 10.3 Å². The van der Waals surface area contributed by atoms with Gasteiger partial charge in [0.25, 0.3) is 5.91 Å². The molecule has 0 spiro atoms. The molecule has 126 valence electrons. The van der Waals surface area contributed by atoms with E-state index in [-0.39, 0.29) is 30.2 Å². The van der Waals surface area contributed by atoms with Gasteiger partial charge in [0.15, 0.2) is 0 Å². The Morgan fingerprint density at radius 1 is 1.27 bits per heavy atom. The molecule has 0 aromatic carbocycles. The zero-order chi connectivity index (χ0) is 16.3. The number of carbonyl (C=O) groups is 1. The summed E-state index contributed by atoms with van der Waals surface area (Å²) in [7, 11) is 0. The molecule has 3 N–H and O–H groups in total. The molecule has 0 saturated carbocycles. The van der Waals surface area contributed by atoms with E-state index in [1.54, 1.807) is 0 Å². The number of carbonyl (C=O) groups excluding carboxylic acids is 1. The largest absolute Gasteiger partial charge is 0.433 e. The molecule has 0 fully saturated rings. The van der Waals surface area contributed by atoms with E-state index in [0.29, 0.717) is 12.8 Å². The van der Waals surface area contributed by atoms with Crippen LogP contribution in [0.3, 0.4) is 0 Å². The van der Waals surface area contributed by atoms with Crippen LogP contribution in [-0.4, -0.2) is 23.0 Å². The van der Waals surface area contributed by atoms with Crippen molar-refractivity contribution < 1.29 is 18.0 Å². The molecule has 0 unspecified atom stereocenters. The van der Waals surface area contributed by atoms with Crippen LogP contribution in [0, 0.1) is 6.92 Å². The number of amides is 1. The Kier molecular flexibility index (Phi) is 7.31. The van der Waals surface area contributed by atoms with Gasteiger partial charge in [0, 0.05) is 12.1 Å². The Morgan fingerprint density at radius 2 is 1.82 bits per heavy atom. The second-order valence-electron chi connectivity index (χ2n) is 5.08. The molecule has 4 nitrogen and oxygen atoms in total. The van der Waals surface area contributed by atoms with Gasteiger partial charge in [-0.05, 0) is 31.9 Å². The van der Waals surface area contributed by atoms with Gasteiger partial charge < -0.3 is 11.1 Å². The second-order valence-corrected chi connectivity index (χ2v) is 5.08. The summed E-state index contributed by atoms with van der Waals surface area (Å²) in [6, 6.07) is 1.94. The molecular formula is C14H21ClF3N3O. The predicted octanol–water partition coefficient (Wildman–Crippen LogP) is 3.08. The van der Waals surface area contributed by atoms with Gasteiger partial charge in [-0.2, -0.15) is 13.2 Å². The highest BCUT2D eigenvalue weighted by Gasteiger charge is 2.33. The van der Waals surface area contributed by atoms with E-state index in [0.717, 1.165) is 12.1 Å². The van der Waals surface area contributed by atoms with Crippen LogP contribution in [-0.2, 0) is 6.18 Å². The molecule has 0 aliphatic carbocycles. The Hall–Kier alpha value is -1.34. The zero-order valence-electron chi connectivity index (χ0n) is 12.8. The first-order chi connectivity index (χ1) is 9.63. The average Bonchev–Trinajstić information content (AvgIpc) is 2.43. The summed E-state index contributed by atoms with van der Waals surface area (Å²) >= 11 is 0. The lowest BCUT2D eigenvalue weighted by Crippen LogP contribution is -2.49. The molecule has 22 heavy (non-hydrogen) atoms. The van der Waals surface area contributed by atoms with Crippen LogP contribution in [0.2, 0.25) is 0 Å². The number of nitrogens with zero attached hydrogens (tertiary/aromatic N) is 1. The lowest BCUT2D eigenvalue weighted by Gasteiger charge is -2.26. The normalized spacial score (nSPS) is 11.8. The summed E-state index contributed by atoms with van der Waals surface area (Å²) < 4.78 is 37.6. The third kappa shape index (κ3) is 5.14. The molecule has 0 saturated heterocycles. The lowest BCUT2D eigenvalue weighted by atomic mass is 9.94. The Bertz CT molecular complexity index is 517. The highest BCUT2D eigenvalue weighted by molar-refractivity contribution is 5.95. The van der Waals surface area contributed by atoms with Gasteiger partial charge in [-0.3, -0.25) is 4.79 Å². The minimum Gasteiger partial charge on any atom is -0.350 e. The van der Waals surface area contributed by atoms with Crippen molar-refractivity contribution in [3.63, 3.8) is 0 Å². The van der Waals surface area contributed by atoms with E-state index < -0.39 is 23.3 Å². The predicted molar refractivity (Wildman–Crippen MR) is 81.1 cm³/mol. The maximum absolute atomic E-state index is 12.5. The van der Waals surface area contributed by atoms with E-state index in [9.17, 15) is 18.0 Å². The first-order valence-corrected chi connectivity index (χ1v) is 6.75. The van der Waals surface area contributed by atoms with Crippen molar-refractivity contribution >= 4 is 18.3 Å². The number of nitrogens with two attached hydrogens (primary N) is 1. The number of nitrogens with one attached hydrogen (secondary N) is 1. The number of hydrogen-bond acceptors (Lipinski definition) is 3. The number of pyridine rings is 1. The van der Waals surface area contributed by atoms with Gasteiger partial charge in [-0.15, -0.1) is 12.4 Å². The van der Waals surface area contributed by atoms with E-state index in [1.807, 2.05) is 13.8 Å². The van der Waals surface area contributed by atoms with Gasteiger partial charge >= 0.3 is 6.18 Å². The Morgan fingerprint density at radius 3 is 2.23 bits per heavy atom. The standard InChI is InChI=1S/C14H20F3N3O.ClH/c1-4-13(18,5-2)8-19-12(21)10-6-7-11(14(15,16)17)20-9(10)3;/h6-7H,4-5,8,18H2,1-3H3,(H,19,21);1H.